The van der Waals surface area contributed by atoms with Crippen LogP contribution in [-0.2, 0) is 5.92 Å². The number of benzene rings is 2. The van der Waals surface area contributed by atoms with E-state index in [2.05, 4.69) is 4.74 Å². The van der Waals surface area contributed by atoms with Crippen LogP contribution in [-0.4, -0.2) is 32.2 Å². The van der Waals surface area contributed by atoms with Gasteiger partial charge >= 0.3 is 12.0 Å². The summed E-state index contributed by atoms with van der Waals surface area (Å²) in [4.78, 5) is 11.6. The van der Waals surface area contributed by atoms with E-state index in [0.717, 1.165) is 37.4 Å². The first-order chi connectivity index (χ1) is 12.5. The molecule has 6 nitrogen and oxygen atoms in total. The van der Waals surface area contributed by atoms with Gasteiger partial charge in [0, 0.05) is 31.4 Å². The maximum atomic E-state index is 14.4. The van der Waals surface area contributed by atoms with E-state index in [0.29, 0.717) is 5.69 Å². The Bertz CT molecular complexity index is 826. The van der Waals surface area contributed by atoms with E-state index < -0.39 is 39.7 Å². The Balaban J connectivity index is 2.35. The Morgan fingerprint density at radius 3 is 2.07 bits per heavy atom. The fraction of sp³-hybridized carbons (Fsp3) is 0.294. The molecule has 2 aromatic rings. The smallest absolute Gasteiger partial charge is 0.469 e. The van der Waals surface area contributed by atoms with Crippen LogP contribution in [0.5, 0.6) is 11.5 Å². The van der Waals surface area contributed by atoms with Crippen molar-refractivity contribution in [3.05, 3.63) is 58.1 Å². The van der Waals surface area contributed by atoms with Crippen LogP contribution in [0.1, 0.15) is 5.56 Å². The zero-order valence-electron chi connectivity index (χ0n) is 14.6. The topological polar surface area (TPSA) is 64.8 Å². The van der Waals surface area contributed by atoms with Crippen LogP contribution in [0.4, 0.5) is 28.9 Å². The van der Waals surface area contributed by atoms with Crippen molar-refractivity contribution in [1.82, 2.24) is 0 Å². The molecule has 0 atom stereocenters. The van der Waals surface area contributed by atoms with Crippen molar-refractivity contribution in [2.75, 3.05) is 26.1 Å². The van der Waals surface area contributed by atoms with Crippen LogP contribution in [0.25, 0.3) is 0 Å². The monoisotopic (exact) mass is 388 g/mol. The molecule has 0 aromatic heterocycles. The van der Waals surface area contributed by atoms with Gasteiger partial charge in [0.1, 0.15) is 0 Å². The van der Waals surface area contributed by atoms with Crippen molar-refractivity contribution in [3.63, 3.8) is 0 Å². The molecule has 0 amide bonds. The highest BCUT2D eigenvalue weighted by Gasteiger charge is 2.61. The van der Waals surface area contributed by atoms with Gasteiger partial charge in [0.05, 0.1) is 18.1 Å². The Morgan fingerprint density at radius 1 is 1.00 bits per heavy atom. The second kappa shape index (κ2) is 7.29. The summed E-state index contributed by atoms with van der Waals surface area (Å²) in [5, 5.41) is 10.7. The van der Waals surface area contributed by atoms with E-state index in [9.17, 15) is 27.7 Å². The van der Waals surface area contributed by atoms with Gasteiger partial charge in [-0.05, 0) is 18.2 Å². The van der Waals surface area contributed by atoms with Crippen LogP contribution in [0.3, 0.4) is 0 Å². The molecule has 0 saturated heterocycles. The number of ether oxygens (including phenoxy) is 2. The zero-order valence-corrected chi connectivity index (χ0v) is 14.6. The Hall–Kier alpha value is -3.04. The maximum Gasteiger partial charge on any atom is 0.469 e. The van der Waals surface area contributed by atoms with Crippen molar-refractivity contribution in [3.8, 4) is 11.5 Å². The normalized spacial score (nSPS) is 11.8. The summed E-state index contributed by atoms with van der Waals surface area (Å²) in [6.45, 7) is 0. The average molecular weight is 388 g/mol. The first-order valence-electron chi connectivity index (χ1n) is 7.54. The van der Waals surface area contributed by atoms with Crippen LogP contribution >= 0.6 is 0 Å². The molecule has 0 saturated carbocycles. The molecule has 0 bridgehead atoms. The van der Waals surface area contributed by atoms with Gasteiger partial charge in [-0.2, -0.15) is 17.6 Å². The molecule has 2 rings (SSSR count). The lowest BCUT2D eigenvalue weighted by molar-refractivity contribution is -0.385. The van der Waals surface area contributed by atoms with Gasteiger partial charge in [-0.1, -0.05) is 12.1 Å². The Morgan fingerprint density at radius 2 is 1.59 bits per heavy atom. The molecular weight excluding hydrogens is 372 g/mol. The fourth-order valence-electron chi connectivity index (χ4n) is 2.19. The van der Waals surface area contributed by atoms with Gasteiger partial charge in [-0.25, -0.2) is 0 Å². The number of methoxy groups -OCH3 is 1. The first kappa shape index (κ1) is 20.3. The molecular formula is C17H16F4N2O4. The SMILES string of the molecule is COc1cc([N+](=O)[O-])ccc1OC(F)(F)C(F)(F)c1ccc(N(C)C)cc1. The molecule has 0 N–H and O–H groups in total. The number of nitro benzene ring substituents is 1. The highest BCUT2D eigenvalue weighted by atomic mass is 19.3. The number of halogens is 4. The second-order valence-corrected chi connectivity index (χ2v) is 5.73. The number of hydrogen-bond donors (Lipinski definition) is 0. The third-order valence-electron chi connectivity index (χ3n) is 3.71. The van der Waals surface area contributed by atoms with Crippen molar-refractivity contribution in [2.45, 2.75) is 12.0 Å². The minimum absolute atomic E-state index is 0.464. The van der Waals surface area contributed by atoms with Gasteiger partial charge in [-0.15, -0.1) is 0 Å². The van der Waals surface area contributed by atoms with E-state index in [-0.39, 0.29) is 0 Å². The molecule has 0 aliphatic rings. The molecule has 0 heterocycles. The molecule has 146 valence electrons. The molecule has 0 unspecified atom stereocenters. The highest BCUT2D eigenvalue weighted by Crippen LogP contribution is 2.46. The number of anilines is 1. The number of alkyl halides is 4. The summed E-state index contributed by atoms with van der Waals surface area (Å²) in [6.07, 6.45) is -4.93. The molecule has 0 aliphatic heterocycles. The van der Waals surface area contributed by atoms with Crippen LogP contribution in [0.2, 0.25) is 0 Å². The Labute approximate surface area is 152 Å². The Kier molecular flexibility index (Phi) is 5.48. The number of non-ortho nitro benzene ring substituents is 1. The van der Waals surface area contributed by atoms with Crippen molar-refractivity contribution >= 4 is 11.4 Å². The predicted octanol–water partition coefficient (Wildman–Crippen LogP) is 4.43. The van der Waals surface area contributed by atoms with Gasteiger partial charge in [0.2, 0.25) is 0 Å². The predicted molar refractivity (Wildman–Crippen MR) is 89.9 cm³/mol. The van der Waals surface area contributed by atoms with Crippen molar-refractivity contribution in [2.24, 2.45) is 0 Å². The summed E-state index contributed by atoms with van der Waals surface area (Å²) in [7, 11) is 4.39. The molecule has 0 spiro atoms. The highest BCUT2D eigenvalue weighted by molar-refractivity contribution is 5.49. The van der Waals surface area contributed by atoms with Gasteiger partial charge < -0.3 is 14.4 Å². The van der Waals surface area contributed by atoms with E-state index in [1.165, 1.54) is 12.1 Å². The number of nitrogens with zero attached hydrogens (tertiary/aromatic N) is 2. The summed E-state index contributed by atoms with van der Waals surface area (Å²) in [6, 6.07) is 6.71. The lowest BCUT2D eigenvalue weighted by Gasteiger charge is -2.27. The van der Waals surface area contributed by atoms with E-state index >= 15 is 0 Å². The standard InChI is InChI=1S/C17H16F4N2O4/c1-22(2)12-6-4-11(5-7-12)16(18,19)17(20,21)27-14-9-8-13(23(24)25)10-15(14)26-3/h4-10H,1-3H3. The lowest BCUT2D eigenvalue weighted by Crippen LogP contribution is -2.43. The van der Waals surface area contributed by atoms with Crippen LogP contribution in [0, 0.1) is 10.1 Å². The molecule has 0 fully saturated rings. The zero-order chi connectivity index (χ0) is 20.4. The number of nitro groups is 1. The second-order valence-electron chi connectivity index (χ2n) is 5.73. The third kappa shape index (κ3) is 4.04. The summed E-state index contributed by atoms with van der Waals surface area (Å²) >= 11 is 0. The summed E-state index contributed by atoms with van der Waals surface area (Å²) < 4.78 is 66.1. The molecule has 2 aromatic carbocycles. The molecule has 27 heavy (non-hydrogen) atoms. The van der Waals surface area contributed by atoms with E-state index in [1.54, 1.807) is 19.0 Å². The van der Waals surface area contributed by atoms with Crippen LogP contribution in [0.15, 0.2) is 42.5 Å². The average Bonchev–Trinajstić information content (AvgIpc) is 2.61. The quantitative estimate of drug-likeness (QED) is 0.399. The van der Waals surface area contributed by atoms with E-state index in [4.69, 9.17) is 4.74 Å². The molecule has 0 aliphatic carbocycles. The molecule has 0 radical (unpaired) electrons. The third-order valence-corrected chi connectivity index (χ3v) is 3.71. The summed E-state index contributed by atoms with van der Waals surface area (Å²) in [5.74, 6) is -5.88. The largest absolute Gasteiger partial charge is 0.493 e. The van der Waals surface area contributed by atoms with Gasteiger partial charge in [0.25, 0.3) is 5.69 Å². The fourth-order valence-corrected chi connectivity index (χ4v) is 2.19. The van der Waals surface area contributed by atoms with Gasteiger partial charge in [-0.3, -0.25) is 10.1 Å². The number of hydrogen-bond acceptors (Lipinski definition) is 5. The summed E-state index contributed by atoms with van der Waals surface area (Å²) in [5.41, 5.74) is -0.858. The lowest BCUT2D eigenvalue weighted by atomic mass is 10.1. The number of rotatable bonds is 7. The van der Waals surface area contributed by atoms with Crippen molar-refractivity contribution in [1.29, 1.82) is 0 Å². The van der Waals surface area contributed by atoms with Gasteiger partial charge in [0.15, 0.2) is 11.5 Å². The van der Waals surface area contributed by atoms with Crippen molar-refractivity contribution < 1.29 is 32.0 Å². The van der Waals surface area contributed by atoms with E-state index in [1.807, 2.05) is 0 Å². The minimum atomic E-state index is -4.93. The minimum Gasteiger partial charge on any atom is -0.493 e. The first-order valence-corrected chi connectivity index (χ1v) is 7.54. The maximum absolute atomic E-state index is 14.4. The van der Waals surface area contributed by atoms with Crippen LogP contribution < -0.4 is 14.4 Å². The molecule has 10 heteroatoms.